The standard InChI is InChI=1S/C22H27N3O6S/c1-5-22(16-6-8-17(30-4)9-7-16)20(26)25(21(27)23-22)14-15-31-18-10-12-19(13-11-18)32(28,29)24(2)3/h6-13H,5,14-15H2,1-4H3,(H,23,27). The van der Waals surface area contributed by atoms with Gasteiger partial charge in [-0.15, -0.1) is 0 Å². The Labute approximate surface area is 188 Å². The highest BCUT2D eigenvalue weighted by atomic mass is 32.2. The smallest absolute Gasteiger partial charge is 0.325 e. The number of nitrogens with one attached hydrogen (secondary N) is 1. The van der Waals surface area contributed by atoms with Gasteiger partial charge in [0.25, 0.3) is 5.91 Å². The molecule has 0 aromatic heterocycles. The molecule has 0 aliphatic carbocycles. The van der Waals surface area contributed by atoms with E-state index in [1.807, 2.05) is 6.92 Å². The fraction of sp³-hybridized carbons (Fsp3) is 0.364. The number of ether oxygens (including phenoxy) is 2. The van der Waals surface area contributed by atoms with Gasteiger partial charge in [0.1, 0.15) is 23.6 Å². The lowest BCUT2D eigenvalue weighted by atomic mass is 9.87. The number of methoxy groups -OCH3 is 1. The number of rotatable bonds is 9. The number of hydrogen-bond acceptors (Lipinski definition) is 6. The van der Waals surface area contributed by atoms with Gasteiger partial charge in [-0.05, 0) is 48.4 Å². The molecule has 1 saturated heterocycles. The van der Waals surface area contributed by atoms with Crippen LogP contribution < -0.4 is 14.8 Å². The summed E-state index contributed by atoms with van der Waals surface area (Å²) in [5.74, 6) is 0.754. The molecule has 0 bridgehead atoms. The Hall–Kier alpha value is -3.11. The molecule has 9 nitrogen and oxygen atoms in total. The van der Waals surface area contributed by atoms with Crippen molar-refractivity contribution in [2.45, 2.75) is 23.8 Å². The number of hydrogen-bond donors (Lipinski definition) is 1. The molecule has 172 valence electrons. The SMILES string of the molecule is CCC1(c2ccc(OC)cc2)NC(=O)N(CCOc2ccc(S(=O)(=O)N(C)C)cc2)C1=O. The molecule has 2 aromatic carbocycles. The number of benzene rings is 2. The summed E-state index contributed by atoms with van der Waals surface area (Å²) < 4.78 is 36.2. The Balaban J connectivity index is 1.67. The average Bonchev–Trinajstić information content (AvgIpc) is 3.04. The number of imide groups is 1. The summed E-state index contributed by atoms with van der Waals surface area (Å²) in [6.07, 6.45) is 0.392. The summed E-state index contributed by atoms with van der Waals surface area (Å²) in [6.45, 7) is 1.97. The zero-order chi connectivity index (χ0) is 23.5. The van der Waals surface area contributed by atoms with Crippen LogP contribution >= 0.6 is 0 Å². The lowest BCUT2D eigenvalue weighted by molar-refractivity contribution is -0.132. The molecule has 0 saturated carbocycles. The Morgan fingerprint density at radius 1 is 1.00 bits per heavy atom. The van der Waals surface area contributed by atoms with E-state index < -0.39 is 21.6 Å². The minimum absolute atomic E-state index is 0.0559. The summed E-state index contributed by atoms with van der Waals surface area (Å²) in [6, 6.07) is 12.5. The van der Waals surface area contributed by atoms with Gasteiger partial charge >= 0.3 is 6.03 Å². The molecule has 1 heterocycles. The number of carbonyl (C=O) groups excluding carboxylic acids is 2. The number of sulfonamides is 1. The Morgan fingerprint density at radius 2 is 1.59 bits per heavy atom. The summed E-state index contributed by atoms with van der Waals surface area (Å²) in [7, 11) is 0.951. The van der Waals surface area contributed by atoms with Gasteiger partial charge in [-0.1, -0.05) is 19.1 Å². The number of urea groups is 1. The van der Waals surface area contributed by atoms with Crippen LogP contribution in [0.2, 0.25) is 0 Å². The molecule has 1 fully saturated rings. The van der Waals surface area contributed by atoms with Crippen molar-refractivity contribution in [2.24, 2.45) is 0 Å². The Morgan fingerprint density at radius 3 is 2.12 bits per heavy atom. The first kappa shape index (κ1) is 23.6. The van der Waals surface area contributed by atoms with Gasteiger partial charge in [-0.3, -0.25) is 9.69 Å². The third kappa shape index (κ3) is 4.28. The predicted molar refractivity (Wildman–Crippen MR) is 118 cm³/mol. The summed E-state index contributed by atoms with van der Waals surface area (Å²) in [5, 5.41) is 2.82. The maximum absolute atomic E-state index is 13.2. The number of amides is 3. The summed E-state index contributed by atoms with van der Waals surface area (Å²) in [4.78, 5) is 27.0. The van der Waals surface area contributed by atoms with E-state index in [2.05, 4.69) is 5.32 Å². The molecular formula is C22H27N3O6S. The monoisotopic (exact) mass is 461 g/mol. The highest BCUT2D eigenvalue weighted by Crippen LogP contribution is 2.33. The zero-order valence-corrected chi connectivity index (χ0v) is 19.3. The van der Waals surface area contributed by atoms with Gasteiger partial charge in [0.05, 0.1) is 18.6 Å². The van der Waals surface area contributed by atoms with E-state index in [4.69, 9.17) is 9.47 Å². The first-order valence-electron chi connectivity index (χ1n) is 10.1. The summed E-state index contributed by atoms with van der Waals surface area (Å²) >= 11 is 0. The van der Waals surface area contributed by atoms with Crippen molar-refractivity contribution in [3.05, 3.63) is 54.1 Å². The minimum atomic E-state index is -3.52. The molecular weight excluding hydrogens is 434 g/mol. The third-order valence-corrected chi connectivity index (χ3v) is 7.30. The van der Waals surface area contributed by atoms with Crippen LogP contribution in [-0.2, 0) is 20.4 Å². The molecule has 1 aliphatic rings. The van der Waals surface area contributed by atoms with E-state index in [0.29, 0.717) is 23.5 Å². The molecule has 3 rings (SSSR count). The number of nitrogens with zero attached hydrogens (tertiary/aromatic N) is 2. The first-order valence-corrected chi connectivity index (χ1v) is 11.5. The molecule has 3 amide bonds. The number of carbonyl (C=O) groups is 2. The van der Waals surface area contributed by atoms with Crippen LogP contribution in [0.4, 0.5) is 4.79 Å². The fourth-order valence-corrected chi connectivity index (χ4v) is 4.42. The van der Waals surface area contributed by atoms with Crippen molar-refractivity contribution in [1.82, 2.24) is 14.5 Å². The van der Waals surface area contributed by atoms with Crippen molar-refractivity contribution in [3.63, 3.8) is 0 Å². The molecule has 1 atom stereocenters. The normalized spacial score (nSPS) is 18.7. The lowest BCUT2D eigenvalue weighted by Crippen LogP contribution is -2.43. The molecule has 10 heteroatoms. The highest BCUT2D eigenvalue weighted by molar-refractivity contribution is 7.89. The van der Waals surface area contributed by atoms with E-state index in [1.54, 1.807) is 31.4 Å². The molecule has 1 unspecified atom stereocenters. The lowest BCUT2D eigenvalue weighted by Gasteiger charge is -2.26. The molecule has 0 spiro atoms. The van der Waals surface area contributed by atoms with E-state index in [1.165, 1.54) is 38.4 Å². The quantitative estimate of drug-likeness (QED) is 0.574. The van der Waals surface area contributed by atoms with Crippen molar-refractivity contribution in [1.29, 1.82) is 0 Å². The van der Waals surface area contributed by atoms with Crippen LogP contribution in [-0.4, -0.2) is 63.9 Å². The Kier molecular flexibility index (Phi) is 6.75. The Bertz CT molecular complexity index is 1080. The van der Waals surface area contributed by atoms with Gasteiger partial charge in [-0.25, -0.2) is 17.5 Å². The zero-order valence-electron chi connectivity index (χ0n) is 18.5. The predicted octanol–water partition coefficient (Wildman–Crippen LogP) is 2.18. The van der Waals surface area contributed by atoms with E-state index >= 15 is 0 Å². The van der Waals surface area contributed by atoms with Gasteiger partial charge in [0, 0.05) is 14.1 Å². The van der Waals surface area contributed by atoms with Crippen LogP contribution in [0.5, 0.6) is 11.5 Å². The molecule has 1 N–H and O–H groups in total. The molecule has 1 aliphatic heterocycles. The second-order valence-corrected chi connectivity index (χ2v) is 9.63. The second-order valence-electron chi connectivity index (χ2n) is 7.48. The van der Waals surface area contributed by atoms with Gasteiger partial charge < -0.3 is 14.8 Å². The van der Waals surface area contributed by atoms with Gasteiger partial charge in [0.15, 0.2) is 0 Å². The second kappa shape index (κ2) is 9.17. The van der Waals surface area contributed by atoms with Crippen molar-refractivity contribution >= 4 is 22.0 Å². The van der Waals surface area contributed by atoms with E-state index in [9.17, 15) is 18.0 Å². The molecule has 0 radical (unpaired) electrons. The van der Waals surface area contributed by atoms with Gasteiger partial charge in [-0.2, -0.15) is 0 Å². The van der Waals surface area contributed by atoms with Crippen LogP contribution in [0.25, 0.3) is 0 Å². The molecule has 32 heavy (non-hydrogen) atoms. The summed E-state index contributed by atoms with van der Waals surface area (Å²) in [5.41, 5.74) is -0.453. The first-order chi connectivity index (χ1) is 15.2. The van der Waals surface area contributed by atoms with Crippen LogP contribution in [0, 0.1) is 0 Å². The van der Waals surface area contributed by atoms with Crippen LogP contribution in [0.1, 0.15) is 18.9 Å². The van der Waals surface area contributed by atoms with E-state index in [-0.39, 0.29) is 24.0 Å². The average molecular weight is 462 g/mol. The van der Waals surface area contributed by atoms with Crippen LogP contribution in [0.15, 0.2) is 53.4 Å². The fourth-order valence-electron chi connectivity index (χ4n) is 3.52. The van der Waals surface area contributed by atoms with Crippen molar-refractivity contribution < 1.29 is 27.5 Å². The largest absolute Gasteiger partial charge is 0.497 e. The van der Waals surface area contributed by atoms with Gasteiger partial charge in [0.2, 0.25) is 10.0 Å². The van der Waals surface area contributed by atoms with Crippen molar-refractivity contribution in [3.8, 4) is 11.5 Å². The third-order valence-electron chi connectivity index (χ3n) is 5.47. The maximum atomic E-state index is 13.2. The van der Waals surface area contributed by atoms with E-state index in [0.717, 1.165) is 9.21 Å². The minimum Gasteiger partial charge on any atom is -0.497 e. The molecule has 2 aromatic rings. The highest BCUT2D eigenvalue weighted by Gasteiger charge is 2.51. The van der Waals surface area contributed by atoms with Crippen LogP contribution in [0.3, 0.4) is 0 Å². The maximum Gasteiger partial charge on any atom is 0.325 e. The van der Waals surface area contributed by atoms with Crippen molar-refractivity contribution in [2.75, 3.05) is 34.4 Å². The topological polar surface area (TPSA) is 105 Å².